The van der Waals surface area contributed by atoms with Gasteiger partial charge in [-0.1, -0.05) is 36.4 Å². The van der Waals surface area contributed by atoms with E-state index in [1.165, 1.54) is 12.8 Å². The number of rotatable bonds is 6. The summed E-state index contributed by atoms with van der Waals surface area (Å²) >= 11 is 0. The second kappa shape index (κ2) is 7.68. The summed E-state index contributed by atoms with van der Waals surface area (Å²) < 4.78 is 28.4. The van der Waals surface area contributed by atoms with Gasteiger partial charge in [0.05, 0.1) is 4.90 Å². The van der Waals surface area contributed by atoms with E-state index in [0.717, 1.165) is 16.7 Å². The van der Waals surface area contributed by atoms with Gasteiger partial charge in [-0.05, 0) is 60.9 Å². The highest BCUT2D eigenvalue weighted by Crippen LogP contribution is 2.33. The largest absolute Gasteiger partial charge is 0.338 e. The molecule has 1 heterocycles. The molecule has 1 fully saturated rings. The molecule has 2 aromatic carbocycles. The van der Waals surface area contributed by atoms with Gasteiger partial charge in [0.15, 0.2) is 0 Å². The Morgan fingerprint density at radius 3 is 2.61 bits per heavy atom. The molecule has 0 unspecified atom stereocenters. The van der Waals surface area contributed by atoms with Crippen LogP contribution in [0.4, 0.5) is 0 Å². The molecule has 6 heteroatoms. The van der Waals surface area contributed by atoms with Crippen LogP contribution in [0.25, 0.3) is 0 Å². The highest BCUT2D eigenvalue weighted by atomic mass is 32.2. The van der Waals surface area contributed by atoms with Gasteiger partial charge in [-0.2, -0.15) is 0 Å². The molecule has 5 nitrogen and oxygen atoms in total. The molecule has 0 aromatic heterocycles. The number of amides is 1. The Balaban J connectivity index is 1.47. The van der Waals surface area contributed by atoms with Crippen molar-refractivity contribution >= 4 is 15.9 Å². The average molecular weight is 399 g/mol. The summed E-state index contributed by atoms with van der Waals surface area (Å²) in [6, 6.07) is 14.5. The number of nitrogens with one attached hydrogen (secondary N) is 1. The summed E-state index contributed by atoms with van der Waals surface area (Å²) in [6.45, 7) is 3.08. The monoisotopic (exact) mass is 398 g/mol. The van der Waals surface area contributed by atoms with Crippen LogP contribution in [0.1, 0.15) is 48.9 Å². The molecular weight excluding hydrogens is 372 g/mol. The van der Waals surface area contributed by atoms with Gasteiger partial charge in [-0.3, -0.25) is 4.79 Å². The summed E-state index contributed by atoms with van der Waals surface area (Å²) in [6.07, 6.45) is 3.70. The number of carbonyl (C=O) groups excluding carboxylic acids is 1. The zero-order valence-electron chi connectivity index (χ0n) is 16.1. The Labute approximate surface area is 166 Å². The second-order valence-corrected chi connectivity index (χ2v) is 9.61. The quantitative estimate of drug-likeness (QED) is 0.811. The summed E-state index contributed by atoms with van der Waals surface area (Å²) in [5, 5.41) is 0. The van der Waals surface area contributed by atoms with Crippen LogP contribution in [-0.4, -0.2) is 25.8 Å². The molecule has 1 saturated carbocycles. The van der Waals surface area contributed by atoms with Crippen molar-refractivity contribution in [2.75, 3.05) is 6.54 Å². The molecule has 2 aliphatic rings. The van der Waals surface area contributed by atoms with Crippen LogP contribution in [0.15, 0.2) is 53.4 Å². The van der Waals surface area contributed by atoms with E-state index in [-0.39, 0.29) is 16.8 Å². The first-order valence-electron chi connectivity index (χ1n) is 9.89. The Morgan fingerprint density at radius 2 is 1.89 bits per heavy atom. The molecule has 0 radical (unpaired) electrons. The molecule has 2 aromatic rings. The lowest BCUT2D eigenvalue weighted by Gasteiger charge is -2.29. The second-order valence-electron chi connectivity index (χ2n) is 7.90. The number of benzene rings is 2. The highest BCUT2D eigenvalue weighted by Gasteiger charge is 2.29. The summed E-state index contributed by atoms with van der Waals surface area (Å²) in [7, 11) is -3.61. The van der Waals surface area contributed by atoms with Crippen LogP contribution >= 0.6 is 0 Å². The number of sulfonamides is 1. The first-order chi connectivity index (χ1) is 13.4. The highest BCUT2D eigenvalue weighted by molar-refractivity contribution is 7.89. The first-order valence-corrected chi connectivity index (χ1v) is 11.4. The van der Waals surface area contributed by atoms with Gasteiger partial charge in [0, 0.05) is 25.6 Å². The fourth-order valence-electron chi connectivity index (χ4n) is 3.72. The number of fused-ring (bicyclic) bond motifs is 1. The van der Waals surface area contributed by atoms with Crippen LogP contribution in [0.5, 0.6) is 0 Å². The zero-order chi connectivity index (χ0) is 19.7. The third kappa shape index (κ3) is 4.28. The molecular formula is C22H26N2O3S. The summed E-state index contributed by atoms with van der Waals surface area (Å²) in [5.74, 6) is 0.808. The minimum atomic E-state index is -3.61. The number of hydrogen-bond acceptors (Lipinski definition) is 3. The minimum absolute atomic E-state index is 0.225. The third-order valence-corrected chi connectivity index (χ3v) is 7.18. The Kier molecular flexibility index (Phi) is 5.25. The van der Waals surface area contributed by atoms with E-state index in [2.05, 4.69) is 4.72 Å². The zero-order valence-corrected chi connectivity index (χ0v) is 16.9. The van der Waals surface area contributed by atoms with E-state index in [0.29, 0.717) is 31.8 Å². The van der Waals surface area contributed by atoms with Gasteiger partial charge >= 0.3 is 0 Å². The van der Waals surface area contributed by atoms with Crippen LogP contribution in [0.2, 0.25) is 0 Å². The van der Waals surface area contributed by atoms with Crippen molar-refractivity contribution in [3.63, 3.8) is 0 Å². The predicted octanol–water partition coefficient (Wildman–Crippen LogP) is 3.41. The standard InChI is InChI=1S/C22H26N2O3S/c1-16(18-5-3-2-4-6-18)23-28(26,27)21-10-9-20-15-24(12-11-19(20)14-21)22(25)13-17-7-8-17/h2-6,9-10,14,16-17,23H,7-8,11-13,15H2,1H3/t16-/m0/s1. The third-order valence-electron chi connectivity index (χ3n) is 5.64. The maximum Gasteiger partial charge on any atom is 0.241 e. The van der Waals surface area contributed by atoms with Crippen molar-refractivity contribution in [3.8, 4) is 0 Å². The Hall–Kier alpha value is -2.18. The minimum Gasteiger partial charge on any atom is -0.338 e. The van der Waals surface area contributed by atoms with Crippen LogP contribution in [-0.2, 0) is 27.8 Å². The van der Waals surface area contributed by atoms with Crippen molar-refractivity contribution in [2.24, 2.45) is 5.92 Å². The molecule has 0 saturated heterocycles. The molecule has 1 N–H and O–H groups in total. The fraction of sp³-hybridized carbons (Fsp3) is 0.409. The maximum atomic E-state index is 12.8. The maximum absolute atomic E-state index is 12.8. The van der Waals surface area contributed by atoms with Gasteiger partial charge in [0.1, 0.15) is 0 Å². The van der Waals surface area contributed by atoms with E-state index in [4.69, 9.17) is 0 Å². The topological polar surface area (TPSA) is 66.5 Å². The first kappa shape index (κ1) is 19.2. The molecule has 148 valence electrons. The van der Waals surface area contributed by atoms with Crippen LogP contribution in [0.3, 0.4) is 0 Å². The molecule has 0 spiro atoms. The Bertz CT molecular complexity index is 969. The Morgan fingerprint density at radius 1 is 1.14 bits per heavy atom. The van der Waals surface area contributed by atoms with Gasteiger partial charge < -0.3 is 4.90 Å². The number of hydrogen-bond donors (Lipinski definition) is 1. The number of carbonyl (C=O) groups is 1. The molecule has 1 aliphatic carbocycles. The molecule has 0 bridgehead atoms. The SMILES string of the molecule is C[C@H](NS(=O)(=O)c1ccc2c(c1)CCN(C(=O)CC1CC1)C2)c1ccccc1. The van der Waals surface area contributed by atoms with Crippen molar-refractivity contribution in [1.29, 1.82) is 0 Å². The van der Waals surface area contributed by atoms with E-state index in [1.54, 1.807) is 12.1 Å². The lowest BCUT2D eigenvalue weighted by molar-refractivity contribution is -0.132. The molecule has 4 rings (SSSR count). The van der Waals surface area contributed by atoms with E-state index >= 15 is 0 Å². The molecule has 1 atom stereocenters. The predicted molar refractivity (Wildman–Crippen MR) is 108 cm³/mol. The summed E-state index contributed by atoms with van der Waals surface area (Å²) in [4.78, 5) is 14.6. The van der Waals surface area contributed by atoms with Crippen LogP contribution < -0.4 is 4.72 Å². The van der Waals surface area contributed by atoms with E-state index < -0.39 is 10.0 Å². The van der Waals surface area contributed by atoms with Crippen LogP contribution in [0, 0.1) is 5.92 Å². The van der Waals surface area contributed by atoms with Crippen molar-refractivity contribution < 1.29 is 13.2 Å². The van der Waals surface area contributed by atoms with Crippen molar-refractivity contribution in [1.82, 2.24) is 9.62 Å². The van der Waals surface area contributed by atoms with Gasteiger partial charge in [0.25, 0.3) is 0 Å². The number of nitrogens with zero attached hydrogens (tertiary/aromatic N) is 1. The van der Waals surface area contributed by atoms with Crippen molar-refractivity contribution in [3.05, 3.63) is 65.2 Å². The molecule has 1 aliphatic heterocycles. The lowest BCUT2D eigenvalue weighted by atomic mass is 9.99. The fourth-order valence-corrected chi connectivity index (χ4v) is 5.00. The molecule has 28 heavy (non-hydrogen) atoms. The molecule has 1 amide bonds. The summed E-state index contributed by atoms with van der Waals surface area (Å²) in [5.41, 5.74) is 2.99. The van der Waals surface area contributed by atoms with Gasteiger partial charge in [-0.15, -0.1) is 0 Å². The smallest absolute Gasteiger partial charge is 0.241 e. The lowest BCUT2D eigenvalue weighted by Crippen LogP contribution is -2.36. The van der Waals surface area contributed by atoms with E-state index in [9.17, 15) is 13.2 Å². The van der Waals surface area contributed by atoms with Gasteiger partial charge in [0.2, 0.25) is 15.9 Å². The normalized spacial score (nSPS) is 17.8. The van der Waals surface area contributed by atoms with E-state index in [1.807, 2.05) is 48.2 Å². The van der Waals surface area contributed by atoms with Crippen molar-refractivity contribution in [2.45, 2.75) is 50.1 Å². The average Bonchev–Trinajstić information content (AvgIpc) is 3.51. The van der Waals surface area contributed by atoms with Gasteiger partial charge in [-0.25, -0.2) is 13.1 Å².